The highest BCUT2D eigenvalue weighted by Crippen LogP contribution is 1.92. The molecule has 2 N–H and O–H groups in total. The zero-order valence-electron chi connectivity index (χ0n) is 4.48. The Balaban J connectivity index is 2.54. The van der Waals surface area contributed by atoms with E-state index in [1.807, 2.05) is 0 Å². The van der Waals surface area contributed by atoms with Gasteiger partial charge in [-0.3, -0.25) is 4.79 Å². The number of hydrogen-bond acceptors (Lipinski definition) is 2. The summed E-state index contributed by atoms with van der Waals surface area (Å²) in [5, 5.41) is 4.82. The van der Waals surface area contributed by atoms with Gasteiger partial charge in [-0.05, 0) is 12.2 Å². The van der Waals surface area contributed by atoms with Gasteiger partial charge in [0.25, 0.3) is 5.91 Å². The minimum absolute atomic E-state index is 0.00926. The quantitative estimate of drug-likeness (QED) is 0.448. The third kappa shape index (κ3) is 1.35. The second-order valence-corrected chi connectivity index (χ2v) is 2.08. The van der Waals surface area contributed by atoms with Crippen molar-refractivity contribution in [1.29, 1.82) is 0 Å². The van der Waals surface area contributed by atoms with Crippen molar-refractivity contribution in [2.45, 2.75) is 6.17 Å². The van der Waals surface area contributed by atoms with Crippen LogP contribution in [0, 0.1) is 0 Å². The third-order valence-electron chi connectivity index (χ3n) is 0.963. The van der Waals surface area contributed by atoms with Gasteiger partial charge in [0.2, 0.25) is 0 Å². The molecule has 1 heterocycles. The zero-order chi connectivity index (χ0) is 6.85. The first kappa shape index (κ1) is 6.41. The summed E-state index contributed by atoms with van der Waals surface area (Å²) in [6.45, 7) is -0.00926. The van der Waals surface area contributed by atoms with Crippen molar-refractivity contribution in [3.63, 3.8) is 0 Å². The minimum Gasteiger partial charge on any atom is -0.359 e. The zero-order valence-corrected chi connectivity index (χ0v) is 5.30. The Kier molecular flexibility index (Phi) is 1.61. The van der Waals surface area contributed by atoms with Crippen molar-refractivity contribution >= 4 is 23.2 Å². The molecule has 0 spiro atoms. The van der Waals surface area contributed by atoms with Crippen LogP contribution in [0.4, 0.5) is 4.39 Å². The number of thiocarbonyl (C=S) groups is 1. The summed E-state index contributed by atoms with van der Waals surface area (Å²) in [6.07, 6.45) is -1.46. The molecule has 50 valence electrons. The Labute approximate surface area is 56.6 Å². The maximum atomic E-state index is 12.2. The molecule has 1 atom stereocenters. The van der Waals surface area contributed by atoms with Crippen molar-refractivity contribution in [3.05, 3.63) is 0 Å². The van der Waals surface area contributed by atoms with Gasteiger partial charge in [0, 0.05) is 0 Å². The predicted molar refractivity (Wildman–Crippen MR) is 33.6 cm³/mol. The molecule has 0 bridgehead atoms. The number of hydrogen-bond donors (Lipinski definition) is 2. The van der Waals surface area contributed by atoms with Crippen LogP contribution in [0.25, 0.3) is 0 Å². The average molecular weight is 148 g/mol. The maximum Gasteiger partial charge on any atom is 0.262 e. The van der Waals surface area contributed by atoms with Crippen molar-refractivity contribution in [2.24, 2.45) is 0 Å². The first-order chi connectivity index (χ1) is 4.20. The van der Waals surface area contributed by atoms with Gasteiger partial charge in [-0.2, -0.15) is 0 Å². The fourth-order valence-electron chi connectivity index (χ4n) is 0.509. The molecule has 1 saturated heterocycles. The van der Waals surface area contributed by atoms with E-state index in [1.54, 1.807) is 0 Å². The van der Waals surface area contributed by atoms with Crippen LogP contribution < -0.4 is 10.6 Å². The molecule has 1 rings (SSSR count). The summed E-state index contributed by atoms with van der Waals surface area (Å²) in [6, 6.07) is 0. The first-order valence-corrected chi connectivity index (χ1v) is 2.84. The molecule has 0 radical (unpaired) electrons. The number of rotatable bonds is 0. The molecule has 0 aromatic rings. The van der Waals surface area contributed by atoms with Crippen LogP contribution >= 0.6 is 12.2 Å². The van der Waals surface area contributed by atoms with Crippen LogP contribution in [0.15, 0.2) is 0 Å². The molecule has 9 heavy (non-hydrogen) atoms. The lowest BCUT2D eigenvalue weighted by Crippen LogP contribution is -2.53. The van der Waals surface area contributed by atoms with Crippen LogP contribution in [0.3, 0.4) is 0 Å². The highest BCUT2D eigenvalue weighted by Gasteiger charge is 2.22. The van der Waals surface area contributed by atoms with Crippen LogP contribution in [-0.4, -0.2) is 23.7 Å². The summed E-state index contributed by atoms with van der Waals surface area (Å²) >= 11 is 4.53. The smallest absolute Gasteiger partial charge is 0.262 e. The fourth-order valence-corrected chi connectivity index (χ4v) is 0.693. The highest BCUT2D eigenvalue weighted by molar-refractivity contribution is 7.80. The number of halogens is 1. The Morgan fingerprint density at radius 2 is 2.44 bits per heavy atom. The molecule has 5 heteroatoms. The standard InChI is InChI=1S/C4H5FN2OS/c5-2-1-6-4(9)7-3(2)8/h2H,1H2,(H2,6,7,8,9). The number of amides is 1. The van der Waals surface area contributed by atoms with E-state index in [-0.39, 0.29) is 11.7 Å². The normalized spacial score (nSPS) is 27.0. The maximum absolute atomic E-state index is 12.2. The van der Waals surface area contributed by atoms with Crippen molar-refractivity contribution < 1.29 is 9.18 Å². The highest BCUT2D eigenvalue weighted by atomic mass is 32.1. The largest absolute Gasteiger partial charge is 0.359 e. The number of nitrogens with one attached hydrogen (secondary N) is 2. The van der Waals surface area contributed by atoms with E-state index in [4.69, 9.17) is 0 Å². The molecule has 1 amide bonds. The van der Waals surface area contributed by atoms with Crippen LogP contribution in [0.1, 0.15) is 0 Å². The second-order valence-electron chi connectivity index (χ2n) is 1.67. The molecule has 1 unspecified atom stereocenters. The summed E-state index contributed by atoms with van der Waals surface area (Å²) < 4.78 is 12.2. The fraction of sp³-hybridized carbons (Fsp3) is 0.500. The minimum atomic E-state index is -1.46. The summed E-state index contributed by atoms with van der Waals surface area (Å²) in [5.41, 5.74) is 0. The summed E-state index contributed by atoms with van der Waals surface area (Å²) in [7, 11) is 0. The molecule has 3 nitrogen and oxygen atoms in total. The molecular weight excluding hydrogens is 143 g/mol. The van der Waals surface area contributed by atoms with Crippen LogP contribution in [0.2, 0.25) is 0 Å². The van der Waals surface area contributed by atoms with Gasteiger partial charge >= 0.3 is 0 Å². The Hall–Kier alpha value is -0.710. The SMILES string of the molecule is O=C1NC(=S)NCC1F. The Bertz CT molecular complexity index is 161. The molecule has 1 aliphatic heterocycles. The van der Waals surface area contributed by atoms with Gasteiger partial charge in [0.15, 0.2) is 11.3 Å². The van der Waals surface area contributed by atoms with E-state index in [0.29, 0.717) is 0 Å². The number of carbonyl (C=O) groups is 1. The van der Waals surface area contributed by atoms with Crippen molar-refractivity contribution in [1.82, 2.24) is 10.6 Å². The van der Waals surface area contributed by atoms with Gasteiger partial charge in [-0.15, -0.1) is 0 Å². The van der Waals surface area contributed by atoms with E-state index < -0.39 is 12.1 Å². The molecule has 0 saturated carbocycles. The van der Waals surface area contributed by atoms with Crippen molar-refractivity contribution in [2.75, 3.05) is 6.54 Å². The molecule has 1 fully saturated rings. The van der Waals surface area contributed by atoms with Gasteiger partial charge in [0.05, 0.1) is 6.54 Å². The summed E-state index contributed by atoms with van der Waals surface area (Å²) in [4.78, 5) is 10.4. The van der Waals surface area contributed by atoms with E-state index in [2.05, 4.69) is 22.9 Å². The Morgan fingerprint density at radius 1 is 1.78 bits per heavy atom. The average Bonchev–Trinajstić information content (AvgIpc) is 1.80. The van der Waals surface area contributed by atoms with Gasteiger partial charge < -0.3 is 10.6 Å². The van der Waals surface area contributed by atoms with E-state index in [1.165, 1.54) is 0 Å². The molecule has 0 aliphatic carbocycles. The van der Waals surface area contributed by atoms with Gasteiger partial charge in [-0.1, -0.05) is 0 Å². The summed E-state index contributed by atoms with van der Waals surface area (Å²) in [5.74, 6) is -0.654. The first-order valence-electron chi connectivity index (χ1n) is 2.43. The number of carbonyl (C=O) groups excluding carboxylic acids is 1. The lowest BCUT2D eigenvalue weighted by atomic mass is 10.3. The topological polar surface area (TPSA) is 41.1 Å². The van der Waals surface area contributed by atoms with E-state index in [9.17, 15) is 9.18 Å². The Morgan fingerprint density at radius 3 is 2.89 bits per heavy atom. The molecule has 1 aliphatic rings. The second kappa shape index (κ2) is 2.26. The van der Waals surface area contributed by atoms with Gasteiger partial charge in [0.1, 0.15) is 0 Å². The lowest BCUT2D eigenvalue weighted by Gasteiger charge is -2.17. The molecule has 0 aromatic carbocycles. The monoisotopic (exact) mass is 148 g/mol. The van der Waals surface area contributed by atoms with Crippen LogP contribution in [-0.2, 0) is 4.79 Å². The lowest BCUT2D eigenvalue weighted by molar-refractivity contribution is -0.124. The van der Waals surface area contributed by atoms with E-state index in [0.717, 1.165) is 0 Å². The molecular formula is C4H5FN2OS. The predicted octanol–water partition coefficient (Wildman–Crippen LogP) is -0.671. The molecule has 0 aromatic heterocycles. The van der Waals surface area contributed by atoms with Gasteiger partial charge in [-0.25, -0.2) is 4.39 Å². The number of alkyl halides is 1. The van der Waals surface area contributed by atoms with Crippen molar-refractivity contribution in [3.8, 4) is 0 Å². The van der Waals surface area contributed by atoms with Crippen LogP contribution in [0.5, 0.6) is 0 Å². The van der Waals surface area contributed by atoms with E-state index >= 15 is 0 Å². The third-order valence-corrected chi connectivity index (χ3v) is 1.21.